The van der Waals surface area contributed by atoms with Crippen molar-refractivity contribution in [2.45, 2.75) is 25.7 Å². The van der Waals surface area contributed by atoms with E-state index in [1.807, 2.05) is 12.1 Å². The number of pyridine rings is 1. The molecule has 0 bridgehead atoms. The van der Waals surface area contributed by atoms with Crippen molar-refractivity contribution in [2.24, 2.45) is 5.73 Å². The van der Waals surface area contributed by atoms with Gasteiger partial charge in [-0.25, -0.2) is 0 Å². The number of methoxy groups -OCH3 is 1. The minimum atomic E-state index is 0.0427. The zero-order valence-corrected chi connectivity index (χ0v) is 9.08. The van der Waals surface area contributed by atoms with Gasteiger partial charge in [0.15, 0.2) is 0 Å². The standard InChI is InChI=1S/C11H18N2O/c1-11(2,6-7-12)10-5-4-9(14-3)8-13-10/h4-5,8H,6-7,12H2,1-3H3. The molecule has 0 aromatic carbocycles. The molecule has 1 rings (SSSR count). The van der Waals surface area contributed by atoms with Gasteiger partial charge in [-0.2, -0.15) is 0 Å². The predicted molar refractivity (Wildman–Crippen MR) is 57.5 cm³/mol. The summed E-state index contributed by atoms with van der Waals surface area (Å²) in [5, 5.41) is 0. The molecule has 0 aliphatic heterocycles. The van der Waals surface area contributed by atoms with Crippen molar-refractivity contribution in [3.05, 3.63) is 24.0 Å². The summed E-state index contributed by atoms with van der Waals surface area (Å²) in [6, 6.07) is 3.93. The topological polar surface area (TPSA) is 48.1 Å². The number of ether oxygens (including phenoxy) is 1. The number of nitrogens with zero attached hydrogens (tertiary/aromatic N) is 1. The predicted octanol–water partition coefficient (Wildman–Crippen LogP) is 1.72. The van der Waals surface area contributed by atoms with E-state index >= 15 is 0 Å². The van der Waals surface area contributed by atoms with Crippen molar-refractivity contribution in [3.63, 3.8) is 0 Å². The van der Waals surface area contributed by atoms with Crippen molar-refractivity contribution in [1.29, 1.82) is 0 Å². The first-order valence-corrected chi connectivity index (χ1v) is 4.81. The lowest BCUT2D eigenvalue weighted by Crippen LogP contribution is -2.22. The SMILES string of the molecule is COc1ccc(C(C)(C)CCN)nc1. The molecule has 0 atom stereocenters. The molecule has 0 spiro atoms. The molecule has 1 aromatic heterocycles. The Bertz CT molecular complexity index is 280. The van der Waals surface area contributed by atoms with Crippen molar-refractivity contribution < 1.29 is 4.74 Å². The largest absolute Gasteiger partial charge is 0.495 e. The average molecular weight is 194 g/mol. The van der Waals surface area contributed by atoms with Crippen LogP contribution >= 0.6 is 0 Å². The van der Waals surface area contributed by atoms with E-state index in [-0.39, 0.29) is 5.41 Å². The molecule has 0 aliphatic carbocycles. The van der Waals surface area contributed by atoms with Crippen LogP contribution in [0.3, 0.4) is 0 Å². The van der Waals surface area contributed by atoms with Crippen molar-refractivity contribution in [3.8, 4) is 5.75 Å². The average Bonchev–Trinajstić information content (AvgIpc) is 2.18. The summed E-state index contributed by atoms with van der Waals surface area (Å²) in [7, 11) is 1.64. The normalized spacial score (nSPS) is 11.4. The monoisotopic (exact) mass is 194 g/mol. The molecule has 1 heterocycles. The minimum Gasteiger partial charge on any atom is -0.495 e. The Balaban J connectivity index is 2.85. The van der Waals surface area contributed by atoms with Gasteiger partial charge in [0.1, 0.15) is 5.75 Å². The number of hydrogen-bond acceptors (Lipinski definition) is 3. The van der Waals surface area contributed by atoms with Crippen molar-refractivity contribution >= 4 is 0 Å². The first kappa shape index (κ1) is 11.0. The molecule has 0 amide bonds. The zero-order valence-electron chi connectivity index (χ0n) is 9.08. The maximum atomic E-state index is 5.56. The van der Waals surface area contributed by atoms with E-state index in [0.717, 1.165) is 17.9 Å². The summed E-state index contributed by atoms with van der Waals surface area (Å²) < 4.78 is 5.05. The zero-order chi connectivity index (χ0) is 10.6. The van der Waals surface area contributed by atoms with Gasteiger partial charge >= 0.3 is 0 Å². The number of hydrogen-bond donors (Lipinski definition) is 1. The Kier molecular flexibility index (Phi) is 3.47. The van der Waals surface area contributed by atoms with Gasteiger partial charge in [0, 0.05) is 11.1 Å². The van der Waals surface area contributed by atoms with Gasteiger partial charge in [0.2, 0.25) is 0 Å². The highest BCUT2D eigenvalue weighted by atomic mass is 16.5. The first-order chi connectivity index (χ1) is 6.60. The third-order valence-corrected chi connectivity index (χ3v) is 2.43. The highest BCUT2D eigenvalue weighted by Crippen LogP contribution is 2.25. The summed E-state index contributed by atoms with van der Waals surface area (Å²) in [6.45, 7) is 4.98. The fourth-order valence-electron chi connectivity index (χ4n) is 1.39. The minimum absolute atomic E-state index is 0.0427. The fourth-order valence-corrected chi connectivity index (χ4v) is 1.39. The van der Waals surface area contributed by atoms with Gasteiger partial charge in [-0.3, -0.25) is 4.98 Å². The van der Waals surface area contributed by atoms with Gasteiger partial charge < -0.3 is 10.5 Å². The molecular weight excluding hydrogens is 176 g/mol. The molecule has 78 valence electrons. The molecule has 0 aliphatic rings. The molecule has 0 saturated heterocycles. The van der Waals surface area contributed by atoms with Crippen LogP contribution in [0.25, 0.3) is 0 Å². The third kappa shape index (κ3) is 2.45. The van der Waals surface area contributed by atoms with E-state index in [1.165, 1.54) is 0 Å². The smallest absolute Gasteiger partial charge is 0.137 e. The Morgan fingerprint density at radius 2 is 2.14 bits per heavy atom. The highest BCUT2D eigenvalue weighted by molar-refractivity contribution is 5.23. The van der Waals surface area contributed by atoms with Gasteiger partial charge in [-0.05, 0) is 25.1 Å². The van der Waals surface area contributed by atoms with Gasteiger partial charge in [0.25, 0.3) is 0 Å². The second kappa shape index (κ2) is 4.42. The van der Waals surface area contributed by atoms with Crippen molar-refractivity contribution in [1.82, 2.24) is 4.98 Å². The molecule has 0 saturated carbocycles. The van der Waals surface area contributed by atoms with Crippen LogP contribution in [0.4, 0.5) is 0 Å². The first-order valence-electron chi connectivity index (χ1n) is 4.81. The maximum Gasteiger partial charge on any atom is 0.137 e. The third-order valence-electron chi connectivity index (χ3n) is 2.43. The number of nitrogens with two attached hydrogens (primary N) is 1. The Morgan fingerprint density at radius 3 is 2.57 bits per heavy atom. The van der Waals surface area contributed by atoms with E-state index in [9.17, 15) is 0 Å². The number of aromatic nitrogens is 1. The molecule has 3 heteroatoms. The summed E-state index contributed by atoms with van der Waals surface area (Å²) in [6.07, 6.45) is 2.68. The van der Waals surface area contributed by atoms with Crippen LogP contribution < -0.4 is 10.5 Å². The molecule has 1 aromatic rings. The van der Waals surface area contributed by atoms with E-state index in [4.69, 9.17) is 10.5 Å². The van der Waals surface area contributed by atoms with E-state index in [1.54, 1.807) is 13.3 Å². The Morgan fingerprint density at radius 1 is 1.43 bits per heavy atom. The molecule has 3 nitrogen and oxygen atoms in total. The molecule has 0 unspecified atom stereocenters. The molecule has 0 radical (unpaired) electrons. The maximum absolute atomic E-state index is 5.56. The summed E-state index contributed by atoms with van der Waals surface area (Å²) in [4.78, 5) is 4.36. The second-order valence-corrected chi connectivity index (χ2v) is 4.01. The van der Waals surface area contributed by atoms with Crippen LogP contribution in [-0.4, -0.2) is 18.6 Å². The summed E-state index contributed by atoms with van der Waals surface area (Å²) in [5.41, 5.74) is 6.66. The molecule has 0 fully saturated rings. The van der Waals surface area contributed by atoms with Crippen LogP contribution in [-0.2, 0) is 5.41 Å². The highest BCUT2D eigenvalue weighted by Gasteiger charge is 2.20. The summed E-state index contributed by atoms with van der Waals surface area (Å²) >= 11 is 0. The van der Waals surface area contributed by atoms with Gasteiger partial charge in [-0.1, -0.05) is 13.8 Å². The lowest BCUT2D eigenvalue weighted by molar-refractivity contribution is 0.409. The second-order valence-electron chi connectivity index (χ2n) is 4.01. The lowest BCUT2D eigenvalue weighted by Gasteiger charge is -2.23. The van der Waals surface area contributed by atoms with E-state index in [2.05, 4.69) is 18.8 Å². The van der Waals surface area contributed by atoms with Crippen LogP contribution in [0.15, 0.2) is 18.3 Å². The fraction of sp³-hybridized carbons (Fsp3) is 0.545. The quantitative estimate of drug-likeness (QED) is 0.793. The van der Waals surface area contributed by atoms with Gasteiger partial charge in [-0.15, -0.1) is 0 Å². The molecular formula is C11H18N2O. The molecule has 14 heavy (non-hydrogen) atoms. The lowest BCUT2D eigenvalue weighted by atomic mass is 9.85. The van der Waals surface area contributed by atoms with Gasteiger partial charge in [0.05, 0.1) is 13.3 Å². The van der Waals surface area contributed by atoms with E-state index < -0.39 is 0 Å². The Hall–Kier alpha value is -1.09. The van der Waals surface area contributed by atoms with Crippen LogP contribution in [0.5, 0.6) is 5.75 Å². The van der Waals surface area contributed by atoms with Crippen LogP contribution in [0.2, 0.25) is 0 Å². The number of rotatable bonds is 4. The van der Waals surface area contributed by atoms with Crippen molar-refractivity contribution in [2.75, 3.05) is 13.7 Å². The van der Waals surface area contributed by atoms with E-state index in [0.29, 0.717) is 6.54 Å². The molecule has 2 N–H and O–H groups in total. The Labute approximate surface area is 85.3 Å². The van der Waals surface area contributed by atoms with Crippen LogP contribution in [0.1, 0.15) is 26.0 Å². The summed E-state index contributed by atoms with van der Waals surface area (Å²) in [5.74, 6) is 0.789. The van der Waals surface area contributed by atoms with Crippen LogP contribution in [0, 0.1) is 0 Å².